The zero-order valence-electron chi connectivity index (χ0n) is 11.4. The fourth-order valence-corrected chi connectivity index (χ4v) is 1.30. The van der Waals surface area contributed by atoms with E-state index >= 15 is 0 Å². The molecule has 0 aliphatic rings. The van der Waals surface area contributed by atoms with Gasteiger partial charge in [0, 0.05) is 6.04 Å². The Kier molecular flexibility index (Phi) is 5.99. The molecule has 0 radical (unpaired) electrons. The highest BCUT2D eigenvalue weighted by molar-refractivity contribution is 6.02. The van der Waals surface area contributed by atoms with Gasteiger partial charge in [-0.25, -0.2) is 0 Å². The number of carbonyl (C=O) groups excluding carboxylic acids is 1. The van der Waals surface area contributed by atoms with Gasteiger partial charge in [-0.05, 0) is 18.8 Å². The minimum absolute atomic E-state index is 0.0163. The minimum atomic E-state index is -0.546. The number of amidine groups is 1. The van der Waals surface area contributed by atoms with Crippen LogP contribution >= 0.6 is 0 Å². The molecule has 17 heavy (non-hydrogen) atoms. The molecule has 0 bridgehead atoms. The maximum Gasteiger partial charge on any atom is 0.231 e. The predicted molar refractivity (Wildman–Crippen MR) is 68.9 cm³/mol. The molecular weight excluding hydrogens is 218 g/mol. The zero-order valence-corrected chi connectivity index (χ0v) is 11.4. The van der Waals surface area contributed by atoms with Crippen LogP contribution in [0.5, 0.6) is 0 Å². The smallest absolute Gasteiger partial charge is 0.231 e. The van der Waals surface area contributed by atoms with E-state index in [0.29, 0.717) is 6.42 Å². The van der Waals surface area contributed by atoms with Crippen molar-refractivity contribution < 1.29 is 10.0 Å². The van der Waals surface area contributed by atoms with Gasteiger partial charge in [0.15, 0.2) is 5.84 Å². The third kappa shape index (κ3) is 5.06. The molecule has 0 saturated heterocycles. The normalized spacial score (nSPS) is 16.4. The summed E-state index contributed by atoms with van der Waals surface area (Å²) in [6.45, 7) is 10.1. The predicted octanol–water partition coefficient (Wildman–Crippen LogP) is 1.70. The van der Waals surface area contributed by atoms with Crippen LogP contribution in [0.1, 0.15) is 47.5 Å². The second-order valence-corrected chi connectivity index (χ2v) is 5.46. The van der Waals surface area contributed by atoms with E-state index < -0.39 is 5.92 Å². The summed E-state index contributed by atoms with van der Waals surface area (Å²) >= 11 is 0. The Morgan fingerprint density at radius 3 is 2.35 bits per heavy atom. The molecule has 1 amide bonds. The Hall–Kier alpha value is -1.26. The molecule has 2 atom stereocenters. The van der Waals surface area contributed by atoms with Crippen molar-refractivity contribution in [1.82, 2.24) is 5.32 Å². The molecule has 2 unspecified atom stereocenters. The van der Waals surface area contributed by atoms with Gasteiger partial charge in [-0.1, -0.05) is 39.3 Å². The first kappa shape index (κ1) is 15.7. The second kappa shape index (κ2) is 6.47. The van der Waals surface area contributed by atoms with Crippen LogP contribution in [-0.4, -0.2) is 23.0 Å². The molecule has 0 heterocycles. The van der Waals surface area contributed by atoms with E-state index in [9.17, 15) is 4.79 Å². The maximum absolute atomic E-state index is 12.0. The summed E-state index contributed by atoms with van der Waals surface area (Å²) in [7, 11) is 0. The van der Waals surface area contributed by atoms with Gasteiger partial charge in [-0.3, -0.25) is 4.79 Å². The maximum atomic E-state index is 12.0. The lowest BCUT2D eigenvalue weighted by Gasteiger charge is -2.29. The Morgan fingerprint density at radius 1 is 1.47 bits per heavy atom. The molecule has 0 rings (SSSR count). The molecule has 0 fully saturated rings. The summed E-state index contributed by atoms with van der Waals surface area (Å²) in [6.07, 6.45) is 1.39. The highest BCUT2D eigenvalue weighted by Crippen LogP contribution is 2.19. The molecule has 4 N–H and O–H groups in total. The van der Waals surface area contributed by atoms with Crippen molar-refractivity contribution in [3.05, 3.63) is 0 Å². The summed E-state index contributed by atoms with van der Waals surface area (Å²) < 4.78 is 0. The lowest BCUT2D eigenvalue weighted by Crippen LogP contribution is -2.47. The van der Waals surface area contributed by atoms with Gasteiger partial charge >= 0.3 is 0 Å². The molecule has 5 nitrogen and oxygen atoms in total. The third-order valence-electron chi connectivity index (χ3n) is 3.02. The first-order valence-corrected chi connectivity index (χ1v) is 6.01. The Labute approximate surface area is 103 Å². The number of amides is 1. The molecule has 100 valence electrons. The summed E-state index contributed by atoms with van der Waals surface area (Å²) in [5.41, 5.74) is 5.51. The molecule has 0 aliphatic heterocycles. The number of oxime groups is 1. The third-order valence-corrected chi connectivity index (χ3v) is 3.02. The number of nitrogens with one attached hydrogen (secondary N) is 1. The number of carbonyl (C=O) groups is 1. The highest BCUT2D eigenvalue weighted by Gasteiger charge is 2.27. The van der Waals surface area contributed by atoms with Gasteiger partial charge in [-0.15, -0.1) is 0 Å². The fraction of sp³-hybridized carbons (Fsp3) is 0.833. The van der Waals surface area contributed by atoms with Crippen LogP contribution in [0.3, 0.4) is 0 Å². The van der Waals surface area contributed by atoms with Crippen LogP contribution in [0, 0.1) is 11.3 Å². The van der Waals surface area contributed by atoms with Gasteiger partial charge in [0.05, 0.1) is 5.92 Å². The zero-order chi connectivity index (χ0) is 13.6. The SMILES string of the molecule is CCCC(C(=O)NC(C)C(C)(C)C)C(N)=NO. The standard InChI is InChI=1S/C12H25N3O2/c1-6-7-9(10(13)15-17)11(16)14-8(2)12(3,4)5/h8-9,17H,6-7H2,1-5H3,(H2,13,15)(H,14,16). The molecule has 0 aromatic rings. The fourth-order valence-electron chi connectivity index (χ4n) is 1.30. The van der Waals surface area contributed by atoms with Crippen LogP contribution in [-0.2, 0) is 4.79 Å². The molecule has 0 saturated carbocycles. The van der Waals surface area contributed by atoms with E-state index in [1.807, 2.05) is 13.8 Å². The molecular formula is C12H25N3O2. The first-order valence-electron chi connectivity index (χ1n) is 6.01. The number of hydrogen-bond acceptors (Lipinski definition) is 3. The van der Waals surface area contributed by atoms with E-state index in [-0.39, 0.29) is 23.2 Å². The van der Waals surface area contributed by atoms with Gasteiger partial charge in [0.25, 0.3) is 0 Å². The van der Waals surface area contributed by atoms with E-state index in [1.54, 1.807) is 0 Å². The quantitative estimate of drug-likeness (QED) is 0.297. The summed E-state index contributed by atoms with van der Waals surface area (Å²) in [5, 5.41) is 14.5. The first-order chi connectivity index (χ1) is 7.73. The van der Waals surface area contributed by atoms with E-state index in [4.69, 9.17) is 10.9 Å². The number of nitrogens with zero attached hydrogens (tertiary/aromatic N) is 1. The van der Waals surface area contributed by atoms with Crippen molar-refractivity contribution in [3.63, 3.8) is 0 Å². The number of rotatable bonds is 5. The average molecular weight is 243 g/mol. The van der Waals surface area contributed by atoms with Gasteiger partial charge in [0.1, 0.15) is 0 Å². The monoisotopic (exact) mass is 243 g/mol. The topological polar surface area (TPSA) is 87.7 Å². The van der Waals surface area contributed by atoms with Crippen LogP contribution in [0.25, 0.3) is 0 Å². The van der Waals surface area contributed by atoms with Crippen molar-refractivity contribution in [1.29, 1.82) is 0 Å². The number of nitrogens with two attached hydrogens (primary N) is 1. The molecule has 0 aromatic carbocycles. The van der Waals surface area contributed by atoms with E-state index in [0.717, 1.165) is 6.42 Å². The van der Waals surface area contributed by atoms with Gasteiger partial charge in [0.2, 0.25) is 5.91 Å². The van der Waals surface area contributed by atoms with E-state index in [2.05, 4.69) is 31.2 Å². The Morgan fingerprint density at radius 2 is 2.00 bits per heavy atom. The minimum Gasteiger partial charge on any atom is -0.409 e. The van der Waals surface area contributed by atoms with Crippen LogP contribution in [0.2, 0.25) is 0 Å². The van der Waals surface area contributed by atoms with Crippen molar-refractivity contribution >= 4 is 11.7 Å². The largest absolute Gasteiger partial charge is 0.409 e. The van der Waals surface area contributed by atoms with Crippen molar-refractivity contribution in [2.75, 3.05) is 0 Å². The lowest BCUT2D eigenvalue weighted by atomic mass is 9.87. The summed E-state index contributed by atoms with van der Waals surface area (Å²) in [4.78, 5) is 12.0. The van der Waals surface area contributed by atoms with E-state index in [1.165, 1.54) is 0 Å². The van der Waals surface area contributed by atoms with Gasteiger partial charge in [-0.2, -0.15) is 0 Å². The van der Waals surface area contributed by atoms with Gasteiger partial charge < -0.3 is 16.3 Å². The second-order valence-electron chi connectivity index (χ2n) is 5.46. The molecule has 5 heteroatoms. The highest BCUT2D eigenvalue weighted by atomic mass is 16.4. The summed E-state index contributed by atoms with van der Waals surface area (Å²) in [5.74, 6) is -0.746. The number of hydrogen-bond donors (Lipinski definition) is 3. The summed E-state index contributed by atoms with van der Waals surface area (Å²) in [6, 6.07) is 0.0286. The van der Waals surface area contributed by atoms with Crippen molar-refractivity contribution in [3.8, 4) is 0 Å². The lowest BCUT2D eigenvalue weighted by molar-refractivity contribution is -0.124. The molecule has 0 spiro atoms. The van der Waals surface area contributed by atoms with Crippen LogP contribution in [0.4, 0.5) is 0 Å². The Bertz CT molecular complexity index is 282. The van der Waals surface area contributed by atoms with Crippen molar-refractivity contribution in [2.24, 2.45) is 22.2 Å². The van der Waals surface area contributed by atoms with Crippen LogP contribution < -0.4 is 11.1 Å². The van der Waals surface area contributed by atoms with Crippen LogP contribution in [0.15, 0.2) is 5.16 Å². The molecule has 0 aromatic heterocycles. The molecule has 0 aliphatic carbocycles. The Balaban J connectivity index is 4.65. The average Bonchev–Trinajstić information content (AvgIpc) is 2.23. The van der Waals surface area contributed by atoms with Crippen molar-refractivity contribution in [2.45, 2.75) is 53.5 Å².